The maximum Gasteiger partial charge on any atom is 0.307 e. The van der Waals surface area contributed by atoms with Crippen molar-refractivity contribution in [1.82, 2.24) is 58.6 Å². The zero-order chi connectivity index (χ0) is 67.2. The van der Waals surface area contributed by atoms with Crippen LogP contribution in [0.15, 0.2) is 49.3 Å². The molecule has 0 atom stereocenters. The maximum atomic E-state index is 13.9. The standard InChI is InChI=1S/C60H92N16O17/c1-8-93-52(79)14-17-64-58(82)54-69-48(42-73(54)4)67-51(78)13-16-63-57(81)47-39-45(41-76(47)20-11-9-10-19-75(22-24-87-30-32-91-36-34-89-28-26-85-6)23-25-88-31-33-92-37-35-90-29-27-86-7)66-60(84)55-70-49(43-74(55)5)68-50(77)12-15-62-56(80)46-38-44(40-72(46)3)65-59(83)53-61-18-21-71(53)2/h18,21,38-43H,8-17,19-20,22-37H2,1-7H3,(H,62,80)(H,63,81)(H,64,82)(H,65,83)(H,66,84)(H,67,78)(H,68,77). The van der Waals surface area contributed by atoms with E-state index in [1.807, 2.05) is 0 Å². The van der Waals surface area contributed by atoms with Crippen LogP contribution in [0.25, 0.3) is 0 Å². The number of hydrogen-bond donors (Lipinski definition) is 7. The third-order valence-electron chi connectivity index (χ3n) is 13.6. The van der Waals surface area contributed by atoms with Gasteiger partial charge in [0, 0.05) is 132 Å². The molecule has 93 heavy (non-hydrogen) atoms. The molecule has 514 valence electrons. The molecule has 0 aromatic carbocycles. The highest BCUT2D eigenvalue weighted by Crippen LogP contribution is 2.19. The second kappa shape index (κ2) is 42.7. The van der Waals surface area contributed by atoms with Crippen LogP contribution in [-0.4, -0.2) is 243 Å². The summed E-state index contributed by atoms with van der Waals surface area (Å²) >= 11 is 0. The second-order valence-electron chi connectivity index (χ2n) is 20.9. The Labute approximate surface area is 540 Å². The molecule has 5 heterocycles. The first-order valence-electron chi connectivity index (χ1n) is 30.8. The van der Waals surface area contributed by atoms with E-state index in [0.29, 0.717) is 124 Å². The van der Waals surface area contributed by atoms with Crippen molar-refractivity contribution in [3.8, 4) is 0 Å². The molecule has 0 aliphatic carbocycles. The molecule has 0 fully saturated rings. The van der Waals surface area contributed by atoms with Crippen LogP contribution in [0.5, 0.6) is 0 Å². The molecule has 0 bridgehead atoms. The second-order valence-corrected chi connectivity index (χ2v) is 20.9. The number of esters is 1. The SMILES string of the molecule is CCOC(=O)CCNC(=O)c1nc(NC(=O)CCNC(=O)c2cc(NC(=O)c3nc(NC(=O)CCNC(=O)c4cc(NC(=O)c5nccn5C)cn4C)cn3C)cn2CCCCCN(CCOCCOCCOCCOC)CCOCCOCCOCCOC)cn1C. The van der Waals surface area contributed by atoms with Gasteiger partial charge in [-0.05, 0) is 38.4 Å². The van der Waals surface area contributed by atoms with Crippen LogP contribution in [0.3, 0.4) is 0 Å². The molecule has 7 N–H and O–H groups in total. The van der Waals surface area contributed by atoms with Gasteiger partial charge >= 0.3 is 5.97 Å². The number of unbranched alkanes of at least 4 members (excludes halogenated alkanes) is 2. The molecule has 0 unspecified atom stereocenters. The molecule has 0 aliphatic rings. The predicted molar refractivity (Wildman–Crippen MR) is 339 cm³/mol. The Bertz CT molecular complexity index is 3090. The number of imidazole rings is 3. The van der Waals surface area contributed by atoms with Gasteiger partial charge in [0.2, 0.25) is 23.5 Å². The largest absolute Gasteiger partial charge is 0.466 e. The van der Waals surface area contributed by atoms with Crippen LogP contribution in [0.2, 0.25) is 0 Å². The summed E-state index contributed by atoms with van der Waals surface area (Å²) in [6.07, 6.45) is 11.2. The van der Waals surface area contributed by atoms with E-state index >= 15 is 0 Å². The minimum Gasteiger partial charge on any atom is -0.466 e. The summed E-state index contributed by atoms with van der Waals surface area (Å²) in [5, 5.41) is 18.9. The van der Waals surface area contributed by atoms with E-state index in [1.54, 1.807) is 77.1 Å². The molecule has 7 amide bonds. The van der Waals surface area contributed by atoms with Crippen molar-refractivity contribution in [2.45, 2.75) is 52.0 Å². The number of aromatic nitrogens is 8. The fourth-order valence-electron chi connectivity index (χ4n) is 8.89. The van der Waals surface area contributed by atoms with E-state index in [4.69, 9.17) is 42.6 Å². The lowest BCUT2D eigenvalue weighted by Gasteiger charge is -2.22. The smallest absolute Gasteiger partial charge is 0.307 e. The van der Waals surface area contributed by atoms with Crippen molar-refractivity contribution in [3.05, 3.63) is 78.2 Å². The molecule has 33 nitrogen and oxygen atoms in total. The summed E-state index contributed by atoms with van der Waals surface area (Å²) in [6.45, 7) is 10.8. The van der Waals surface area contributed by atoms with Gasteiger partial charge in [-0.1, -0.05) is 6.42 Å². The summed E-state index contributed by atoms with van der Waals surface area (Å²) in [5.41, 5.74) is 1.10. The summed E-state index contributed by atoms with van der Waals surface area (Å²) in [7, 11) is 9.72. The van der Waals surface area contributed by atoms with Crippen LogP contribution in [-0.2, 0) is 91.8 Å². The van der Waals surface area contributed by atoms with Crippen LogP contribution in [0.4, 0.5) is 23.0 Å². The molecule has 5 rings (SSSR count). The van der Waals surface area contributed by atoms with Gasteiger partial charge in [0.1, 0.15) is 11.4 Å². The number of rotatable bonds is 49. The third kappa shape index (κ3) is 28.2. The van der Waals surface area contributed by atoms with E-state index in [0.717, 1.165) is 19.4 Å². The Morgan fingerprint density at radius 1 is 0.462 bits per heavy atom. The van der Waals surface area contributed by atoms with Gasteiger partial charge in [0.25, 0.3) is 29.5 Å². The van der Waals surface area contributed by atoms with Crippen molar-refractivity contribution in [1.29, 1.82) is 0 Å². The van der Waals surface area contributed by atoms with Crippen molar-refractivity contribution >= 4 is 70.3 Å². The summed E-state index contributed by atoms with van der Waals surface area (Å²) in [6, 6.07) is 3.02. The van der Waals surface area contributed by atoms with Gasteiger partial charge in [-0.2, -0.15) is 0 Å². The Hall–Kier alpha value is -8.41. The van der Waals surface area contributed by atoms with Gasteiger partial charge in [0.15, 0.2) is 17.5 Å². The van der Waals surface area contributed by atoms with Crippen molar-refractivity contribution in [3.63, 3.8) is 0 Å². The fourth-order valence-corrected chi connectivity index (χ4v) is 8.89. The summed E-state index contributed by atoms with van der Waals surface area (Å²) < 4.78 is 56.5. The molecule has 0 radical (unpaired) electrons. The average molecular weight is 1310 g/mol. The topological polar surface area (TPSA) is 370 Å². The lowest BCUT2D eigenvalue weighted by atomic mass is 10.2. The molecule has 0 aliphatic heterocycles. The zero-order valence-electron chi connectivity index (χ0n) is 54.4. The molecule has 0 spiro atoms. The van der Waals surface area contributed by atoms with E-state index in [-0.39, 0.29) is 91.7 Å². The number of methoxy groups -OCH3 is 2. The van der Waals surface area contributed by atoms with Crippen molar-refractivity contribution in [2.24, 2.45) is 28.2 Å². The predicted octanol–water partition coefficient (Wildman–Crippen LogP) is 1.60. The number of nitrogens with zero attached hydrogens (tertiary/aromatic N) is 9. The first-order chi connectivity index (χ1) is 45.0. The number of amides is 7. The number of carbonyl (C=O) groups is 8. The molecule has 0 saturated heterocycles. The Kier molecular flexibility index (Phi) is 34.6. The number of carbonyl (C=O) groups excluding carboxylic acids is 8. The minimum absolute atomic E-state index is 0.000298. The Morgan fingerprint density at radius 3 is 1.44 bits per heavy atom. The van der Waals surface area contributed by atoms with E-state index in [1.165, 1.54) is 44.4 Å². The van der Waals surface area contributed by atoms with Gasteiger partial charge in [-0.25, -0.2) is 15.0 Å². The van der Waals surface area contributed by atoms with Crippen molar-refractivity contribution in [2.75, 3.05) is 174 Å². The molecule has 0 saturated carbocycles. The van der Waals surface area contributed by atoms with Crippen LogP contribution >= 0.6 is 0 Å². The highest BCUT2D eigenvalue weighted by Gasteiger charge is 2.22. The number of nitrogens with one attached hydrogen (secondary N) is 7. The zero-order valence-corrected chi connectivity index (χ0v) is 54.4. The first-order valence-corrected chi connectivity index (χ1v) is 30.8. The van der Waals surface area contributed by atoms with E-state index < -0.39 is 47.3 Å². The van der Waals surface area contributed by atoms with E-state index in [9.17, 15) is 38.4 Å². The molecule has 33 heteroatoms. The highest BCUT2D eigenvalue weighted by atomic mass is 16.6. The lowest BCUT2D eigenvalue weighted by Crippen LogP contribution is -2.32. The minimum atomic E-state index is -0.643. The fraction of sp³-hybridized carbons (Fsp3) is 0.583. The Balaban J connectivity index is 1.16. The monoisotopic (exact) mass is 1310 g/mol. The van der Waals surface area contributed by atoms with Crippen LogP contribution < -0.4 is 37.2 Å². The molecule has 5 aromatic rings. The maximum absolute atomic E-state index is 13.9. The highest BCUT2D eigenvalue weighted by molar-refractivity contribution is 6.04. The lowest BCUT2D eigenvalue weighted by molar-refractivity contribution is -0.143. The first kappa shape index (κ1) is 75.3. The van der Waals surface area contributed by atoms with Gasteiger partial charge in [-0.3, -0.25) is 43.3 Å². The molecular formula is C60H92N16O17. The van der Waals surface area contributed by atoms with Gasteiger partial charge in [-0.15, -0.1) is 0 Å². The number of aryl methyl sites for hydroxylation is 5. The molecule has 5 aromatic heterocycles. The third-order valence-corrected chi connectivity index (χ3v) is 13.6. The van der Waals surface area contributed by atoms with Gasteiger partial charge < -0.3 is 103 Å². The van der Waals surface area contributed by atoms with Gasteiger partial charge in [0.05, 0.1) is 117 Å². The normalized spacial score (nSPS) is 11.2. The number of ether oxygens (including phenoxy) is 9. The summed E-state index contributed by atoms with van der Waals surface area (Å²) in [5.74, 6) is -3.77. The van der Waals surface area contributed by atoms with Crippen LogP contribution in [0, 0.1) is 0 Å². The Morgan fingerprint density at radius 2 is 0.925 bits per heavy atom. The molecular weight excluding hydrogens is 1220 g/mol. The van der Waals surface area contributed by atoms with Crippen molar-refractivity contribution < 1.29 is 81.0 Å². The van der Waals surface area contributed by atoms with Crippen LogP contribution in [0.1, 0.15) is 98.3 Å². The summed E-state index contributed by atoms with van der Waals surface area (Å²) in [4.78, 5) is 119. The number of hydrogen-bond acceptors (Lipinski definition) is 21. The average Bonchev–Trinajstić information content (AvgIpc) is 1.76. The quantitative estimate of drug-likeness (QED) is 0.0215. The number of anilines is 4. The van der Waals surface area contributed by atoms with E-state index in [2.05, 4.69) is 57.1 Å².